The molecule has 3 N–H and O–H groups in total. The Labute approximate surface area is 248 Å². The molecule has 3 atom stereocenters. The molecule has 0 aliphatic carbocycles. The summed E-state index contributed by atoms with van der Waals surface area (Å²) in [5.41, 5.74) is 0.826. The number of carboxylic acids is 1. The van der Waals surface area contributed by atoms with E-state index in [9.17, 15) is 32.8 Å². The fourth-order valence-corrected chi connectivity index (χ4v) is 6.98. The number of sulfone groups is 1. The van der Waals surface area contributed by atoms with Crippen LogP contribution in [0.1, 0.15) is 34.3 Å². The fraction of sp³-hybridized carbons (Fsp3) is 0.214. The van der Waals surface area contributed by atoms with E-state index in [1.807, 2.05) is 0 Å². The lowest BCUT2D eigenvalue weighted by molar-refractivity contribution is -0.139. The molecule has 3 rings (SSSR count). The number of hydrogen-bond acceptors (Lipinski definition) is 7. The van der Waals surface area contributed by atoms with Crippen molar-refractivity contribution in [1.29, 1.82) is 0 Å². The molecule has 0 bridgehead atoms. The van der Waals surface area contributed by atoms with E-state index in [0.29, 0.717) is 11.1 Å². The lowest BCUT2D eigenvalue weighted by Crippen LogP contribution is -2.42. The molecule has 2 unspecified atom stereocenters. The second-order valence-corrected chi connectivity index (χ2v) is 14.4. The van der Waals surface area contributed by atoms with Crippen molar-refractivity contribution in [2.24, 2.45) is 0 Å². The Balaban J connectivity index is 1.82. The normalized spacial score (nSPS) is 14.8. The fourth-order valence-electron chi connectivity index (χ4n) is 3.96. The molecular formula is C28H28Cl2NO8PS. The highest BCUT2D eigenvalue weighted by atomic mass is 35.5. The first-order chi connectivity index (χ1) is 19.2. The van der Waals surface area contributed by atoms with Crippen LogP contribution in [-0.2, 0) is 30.1 Å². The Kier molecular flexibility index (Phi) is 10.4. The summed E-state index contributed by atoms with van der Waals surface area (Å²) >= 11 is 12.8. The quantitative estimate of drug-likeness (QED) is 0.236. The van der Waals surface area contributed by atoms with Crippen molar-refractivity contribution in [3.05, 3.63) is 99.3 Å². The smallest absolute Gasteiger partial charge is 0.326 e. The van der Waals surface area contributed by atoms with E-state index in [4.69, 9.17) is 27.7 Å². The van der Waals surface area contributed by atoms with E-state index in [2.05, 4.69) is 5.32 Å². The van der Waals surface area contributed by atoms with E-state index < -0.39 is 41.0 Å². The number of phenolic OH excluding ortho intramolecular Hbond substituents is 1. The molecule has 0 aromatic heterocycles. The maximum atomic E-state index is 13.3. The summed E-state index contributed by atoms with van der Waals surface area (Å²) in [5.74, 6) is -1.36. The Morgan fingerprint density at radius 2 is 1.71 bits per heavy atom. The maximum absolute atomic E-state index is 13.3. The zero-order valence-corrected chi connectivity index (χ0v) is 25.5. The Hall–Kier alpha value is -3.14. The van der Waals surface area contributed by atoms with Crippen LogP contribution in [0.3, 0.4) is 0 Å². The summed E-state index contributed by atoms with van der Waals surface area (Å²) in [6.45, 7) is 1.77. The van der Waals surface area contributed by atoms with Gasteiger partial charge in [-0.15, -0.1) is 0 Å². The van der Waals surface area contributed by atoms with Gasteiger partial charge < -0.3 is 20.1 Å². The Morgan fingerprint density at radius 1 is 1.07 bits per heavy atom. The van der Waals surface area contributed by atoms with Crippen molar-refractivity contribution in [1.82, 2.24) is 5.32 Å². The summed E-state index contributed by atoms with van der Waals surface area (Å²) < 4.78 is 42.3. The van der Waals surface area contributed by atoms with E-state index >= 15 is 0 Å². The molecule has 0 fully saturated rings. The molecule has 41 heavy (non-hydrogen) atoms. The van der Waals surface area contributed by atoms with Gasteiger partial charge in [0.15, 0.2) is 9.84 Å². The molecule has 0 aliphatic rings. The Morgan fingerprint density at radius 3 is 2.27 bits per heavy atom. The first-order valence-corrected chi connectivity index (χ1v) is 16.5. The minimum atomic E-state index is -3.53. The number of halogens is 2. The number of hydrogen-bond donors (Lipinski definition) is 3. The standard InChI is InChI=1S/C28H28Cl2NO8PS/c1-17(11-12-40(36,39-2)25-10-5-4-9-24(25)32)19-15-21(29)26(22(30)16-19)27(33)31-23(28(34)35)14-18-7-6-8-20(13-18)41(3,37)38/h4-13,15-17,23,32H,14H2,1-3H3,(H,31,33)(H,34,35)/b12-11+/t17?,23-,40?/m0/s1. The molecule has 0 heterocycles. The topological polar surface area (TPSA) is 147 Å². The van der Waals surface area contributed by atoms with Gasteiger partial charge in [0.2, 0.25) is 0 Å². The molecule has 1 amide bonds. The lowest BCUT2D eigenvalue weighted by Gasteiger charge is -2.18. The monoisotopic (exact) mass is 639 g/mol. The summed E-state index contributed by atoms with van der Waals surface area (Å²) in [6.07, 6.45) is 2.46. The summed E-state index contributed by atoms with van der Waals surface area (Å²) in [5, 5.41) is 22.3. The third kappa shape index (κ3) is 7.99. The van der Waals surface area contributed by atoms with Gasteiger partial charge in [-0.1, -0.05) is 60.5 Å². The highest BCUT2D eigenvalue weighted by molar-refractivity contribution is 7.90. The van der Waals surface area contributed by atoms with Gasteiger partial charge in [0.05, 0.1) is 25.8 Å². The van der Waals surface area contributed by atoms with Crippen LogP contribution in [0.2, 0.25) is 10.0 Å². The molecule has 0 radical (unpaired) electrons. The number of amides is 1. The predicted octanol–water partition coefficient (Wildman–Crippen LogP) is 5.40. The van der Waals surface area contributed by atoms with Crippen LogP contribution >= 0.6 is 30.6 Å². The first-order valence-electron chi connectivity index (χ1n) is 12.1. The van der Waals surface area contributed by atoms with Gasteiger partial charge in [0, 0.05) is 25.6 Å². The summed E-state index contributed by atoms with van der Waals surface area (Å²) in [4.78, 5) is 25.0. The van der Waals surface area contributed by atoms with E-state index in [1.165, 1.54) is 55.4 Å². The molecule has 9 nitrogen and oxygen atoms in total. The summed E-state index contributed by atoms with van der Waals surface area (Å²) in [6, 6.07) is 13.5. The van der Waals surface area contributed by atoms with Crippen LogP contribution in [0, 0.1) is 0 Å². The van der Waals surface area contributed by atoms with Crippen LogP contribution in [0.4, 0.5) is 0 Å². The molecule has 218 valence electrons. The van der Waals surface area contributed by atoms with Gasteiger partial charge in [-0.25, -0.2) is 13.2 Å². The van der Waals surface area contributed by atoms with Crippen LogP contribution in [0.5, 0.6) is 5.75 Å². The van der Waals surface area contributed by atoms with Crippen molar-refractivity contribution in [3.8, 4) is 5.75 Å². The lowest BCUT2D eigenvalue weighted by atomic mass is 9.99. The minimum Gasteiger partial charge on any atom is -0.507 e. The highest BCUT2D eigenvalue weighted by Crippen LogP contribution is 2.49. The number of carbonyl (C=O) groups is 2. The molecule has 3 aromatic carbocycles. The number of benzene rings is 3. The molecule has 0 spiro atoms. The molecule has 3 aromatic rings. The van der Waals surface area contributed by atoms with Crippen molar-refractivity contribution in [2.75, 3.05) is 13.4 Å². The number of rotatable bonds is 11. The number of phenols is 1. The van der Waals surface area contributed by atoms with Gasteiger partial charge in [0.1, 0.15) is 11.8 Å². The number of aromatic hydroxyl groups is 1. The number of aliphatic carboxylic acids is 1. The average molecular weight is 640 g/mol. The van der Waals surface area contributed by atoms with Crippen molar-refractivity contribution < 1.29 is 37.3 Å². The van der Waals surface area contributed by atoms with Crippen LogP contribution in [0.15, 0.2) is 77.5 Å². The van der Waals surface area contributed by atoms with E-state index in [0.717, 1.165) is 6.26 Å². The predicted molar refractivity (Wildman–Crippen MR) is 159 cm³/mol. The minimum absolute atomic E-state index is 0.0257. The van der Waals surface area contributed by atoms with Crippen molar-refractivity contribution in [3.63, 3.8) is 0 Å². The largest absolute Gasteiger partial charge is 0.507 e. The zero-order valence-electron chi connectivity index (χ0n) is 22.2. The molecule has 0 saturated carbocycles. The average Bonchev–Trinajstić information content (AvgIpc) is 2.90. The van der Waals surface area contributed by atoms with Crippen molar-refractivity contribution in [2.45, 2.75) is 30.2 Å². The van der Waals surface area contributed by atoms with Gasteiger partial charge in [-0.2, -0.15) is 0 Å². The van der Waals surface area contributed by atoms with Crippen LogP contribution in [0.25, 0.3) is 0 Å². The second-order valence-electron chi connectivity index (χ2n) is 9.25. The molecule has 0 saturated heterocycles. The van der Waals surface area contributed by atoms with Gasteiger partial charge in [-0.3, -0.25) is 9.36 Å². The highest BCUT2D eigenvalue weighted by Gasteiger charge is 2.27. The second kappa shape index (κ2) is 13.2. The third-order valence-electron chi connectivity index (χ3n) is 6.25. The summed E-state index contributed by atoms with van der Waals surface area (Å²) in [7, 11) is -5.76. The number of carbonyl (C=O) groups excluding carboxylic acids is 1. The maximum Gasteiger partial charge on any atom is 0.326 e. The molecule has 0 aliphatic heterocycles. The van der Waals surface area contributed by atoms with Gasteiger partial charge in [-0.05, 0) is 53.4 Å². The van der Waals surface area contributed by atoms with Crippen LogP contribution < -0.4 is 10.6 Å². The molecule has 13 heteroatoms. The van der Waals surface area contributed by atoms with Gasteiger partial charge >= 0.3 is 5.97 Å². The number of nitrogens with one attached hydrogen (secondary N) is 1. The Bertz CT molecular complexity index is 1640. The third-order valence-corrected chi connectivity index (χ3v) is 10.1. The molecular weight excluding hydrogens is 612 g/mol. The van der Waals surface area contributed by atoms with Crippen molar-refractivity contribution >= 4 is 57.6 Å². The number of carboxylic acid groups (broad SMARTS) is 1. The zero-order chi connectivity index (χ0) is 30.5. The van der Waals surface area contributed by atoms with Gasteiger partial charge in [0.25, 0.3) is 13.3 Å². The first kappa shape index (κ1) is 32.4. The van der Waals surface area contributed by atoms with Crippen LogP contribution in [-0.4, -0.2) is 49.9 Å². The SMILES string of the molecule is COP(=O)(/C=C/C(C)c1cc(Cl)c(C(=O)N[C@@H](Cc2cccc(S(C)(=O)=O)c2)C(=O)O)c(Cl)c1)c1ccccc1O. The van der Waals surface area contributed by atoms with E-state index in [1.54, 1.807) is 31.2 Å². The number of para-hydroxylation sites is 1. The van der Waals surface area contributed by atoms with E-state index in [-0.39, 0.29) is 38.0 Å². The number of allylic oxidation sites excluding steroid dienone is 1.